The Kier molecular flexibility index (Phi) is 5.96. The maximum Gasteiger partial charge on any atom is 0.233 e. The summed E-state index contributed by atoms with van der Waals surface area (Å²) in [6.45, 7) is 1.84. The summed E-state index contributed by atoms with van der Waals surface area (Å²) in [4.78, 5) is 26.1. The fourth-order valence-electron chi connectivity index (χ4n) is 3.60. The third-order valence-corrected chi connectivity index (χ3v) is 4.97. The molecule has 0 unspecified atom stereocenters. The number of hydrogen-bond donors (Lipinski definition) is 1. The average molecular weight is 371 g/mol. The topological polar surface area (TPSA) is 76.1 Å². The molecule has 6 nitrogen and oxygen atoms in total. The molecule has 0 aromatic heterocycles. The largest absolute Gasteiger partial charge is 0.493 e. The number of β-amino-alcohol motifs (C(OH)–C–C–N with tert-alkyl or cyclic N) is 1. The molecule has 0 radical (unpaired) electrons. The van der Waals surface area contributed by atoms with E-state index in [0.29, 0.717) is 24.3 Å². The van der Waals surface area contributed by atoms with Crippen molar-refractivity contribution in [1.82, 2.24) is 4.90 Å². The van der Waals surface area contributed by atoms with Gasteiger partial charge in [0.15, 0.2) is 11.5 Å². The Labute approximate surface area is 159 Å². The van der Waals surface area contributed by atoms with Crippen molar-refractivity contribution >= 4 is 17.9 Å². The number of likely N-dealkylation sites (tertiary alicyclic amines) is 1. The van der Waals surface area contributed by atoms with E-state index in [1.54, 1.807) is 13.2 Å². The average Bonchev–Trinajstić information content (AvgIpc) is 2.92. The second-order valence-electron chi connectivity index (χ2n) is 6.82. The van der Waals surface area contributed by atoms with Crippen LogP contribution in [0.5, 0.6) is 11.5 Å². The molecule has 2 amide bonds. The van der Waals surface area contributed by atoms with Crippen molar-refractivity contribution in [3.05, 3.63) is 42.0 Å². The fraction of sp³-hybridized carbons (Fsp3) is 0.429. The first kappa shape index (κ1) is 19.2. The monoisotopic (exact) mass is 371 g/mol. The number of rotatable bonds is 7. The number of aliphatic hydroxyl groups is 1. The van der Waals surface area contributed by atoms with E-state index in [4.69, 9.17) is 9.47 Å². The highest BCUT2D eigenvalue weighted by Gasteiger charge is 2.47. The van der Waals surface area contributed by atoms with Crippen LogP contribution in [0.3, 0.4) is 0 Å². The molecule has 3 atom stereocenters. The molecule has 6 heteroatoms. The molecule has 1 aliphatic carbocycles. The minimum atomic E-state index is -0.967. The standard InChI is InChI=1S/C21H25NO5/c1-3-6-14-9-10-18(19(11-14)26-2)27-13-15(23)12-22-20(24)16-7-4-5-8-17(16)21(22)25/h3-6,9-11,15-17,23H,7-8,12-13H2,1-2H3/b6-3+/t15-,16-,17+/m1/s1. The third-order valence-electron chi connectivity index (χ3n) is 4.97. The molecule has 27 heavy (non-hydrogen) atoms. The molecule has 1 aliphatic heterocycles. The predicted octanol–water partition coefficient (Wildman–Crippen LogP) is 2.42. The van der Waals surface area contributed by atoms with Gasteiger partial charge in [-0.3, -0.25) is 14.5 Å². The van der Waals surface area contributed by atoms with Crippen molar-refractivity contribution in [2.75, 3.05) is 20.3 Å². The molecule has 1 saturated heterocycles. The van der Waals surface area contributed by atoms with Crippen molar-refractivity contribution in [1.29, 1.82) is 0 Å². The summed E-state index contributed by atoms with van der Waals surface area (Å²) in [5.41, 5.74) is 0.978. The van der Waals surface area contributed by atoms with Gasteiger partial charge in [-0.15, -0.1) is 0 Å². The quantitative estimate of drug-likeness (QED) is 0.588. The van der Waals surface area contributed by atoms with Gasteiger partial charge in [-0.2, -0.15) is 0 Å². The number of benzene rings is 1. The van der Waals surface area contributed by atoms with E-state index in [9.17, 15) is 14.7 Å². The Bertz CT molecular complexity index is 744. The molecule has 144 valence electrons. The number of fused-ring (bicyclic) bond motifs is 1. The van der Waals surface area contributed by atoms with Crippen LogP contribution in [-0.2, 0) is 9.59 Å². The van der Waals surface area contributed by atoms with Crippen LogP contribution in [0.2, 0.25) is 0 Å². The third kappa shape index (κ3) is 4.06. The summed E-state index contributed by atoms with van der Waals surface area (Å²) >= 11 is 0. The lowest BCUT2D eigenvalue weighted by Crippen LogP contribution is -2.40. The lowest BCUT2D eigenvalue weighted by atomic mass is 9.85. The van der Waals surface area contributed by atoms with E-state index >= 15 is 0 Å². The normalized spacial score (nSPS) is 23.0. The van der Waals surface area contributed by atoms with Crippen LogP contribution in [0.4, 0.5) is 0 Å². The van der Waals surface area contributed by atoms with E-state index in [0.717, 1.165) is 5.56 Å². The minimum Gasteiger partial charge on any atom is -0.493 e. The van der Waals surface area contributed by atoms with Crippen molar-refractivity contribution in [2.24, 2.45) is 11.8 Å². The van der Waals surface area contributed by atoms with Gasteiger partial charge in [-0.1, -0.05) is 30.4 Å². The number of methoxy groups -OCH3 is 1. The number of amides is 2. The molecule has 1 heterocycles. The summed E-state index contributed by atoms with van der Waals surface area (Å²) in [5.74, 6) is 0.109. The van der Waals surface area contributed by atoms with Gasteiger partial charge >= 0.3 is 0 Å². The number of allylic oxidation sites excluding steroid dienone is 3. The van der Waals surface area contributed by atoms with E-state index < -0.39 is 6.10 Å². The summed E-state index contributed by atoms with van der Waals surface area (Å²) < 4.78 is 11.0. The van der Waals surface area contributed by atoms with E-state index in [1.165, 1.54) is 4.90 Å². The molecule has 1 N–H and O–H groups in total. The van der Waals surface area contributed by atoms with Crippen LogP contribution < -0.4 is 9.47 Å². The number of imide groups is 1. The lowest BCUT2D eigenvalue weighted by molar-refractivity contribution is -0.141. The first-order valence-corrected chi connectivity index (χ1v) is 9.17. The highest BCUT2D eigenvalue weighted by Crippen LogP contribution is 2.35. The number of hydrogen-bond acceptors (Lipinski definition) is 5. The van der Waals surface area contributed by atoms with Crippen molar-refractivity contribution in [3.63, 3.8) is 0 Å². The number of carbonyl (C=O) groups excluding carboxylic acids is 2. The first-order valence-electron chi connectivity index (χ1n) is 9.17. The van der Waals surface area contributed by atoms with Crippen LogP contribution in [-0.4, -0.2) is 48.2 Å². The van der Waals surface area contributed by atoms with Gasteiger partial charge in [0.2, 0.25) is 11.8 Å². The van der Waals surface area contributed by atoms with Crippen molar-refractivity contribution in [3.8, 4) is 11.5 Å². The van der Waals surface area contributed by atoms with Gasteiger partial charge in [0.05, 0.1) is 25.5 Å². The maximum absolute atomic E-state index is 12.5. The number of nitrogens with zero attached hydrogens (tertiary/aromatic N) is 1. The zero-order valence-corrected chi connectivity index (χ0v) is 15.6. The zero-order valence-electron chi connectivity index (χ0n) is 15.6. The SMILES string of the molecule is C/C=C/c1ccc(OC[C@H](O)CN2C(=O)[C@H]3CC=CC[C@H]3C2=O)c(OC)c1. The Balaban J connectivity index is 1.59. The van der Waals surface area contributed by atoms with Crippen LogP contribution in [0.25, 0.3) is 6.08 Å². The molecular formula is C21H25NO5. The number of ether oxygens (including phenoxy) is 2. The second kappa shape index (κ2) is 8.39. The van der Waals surface area contributed by atoms with Crippen LogP contribution in [0, 0.1) is 11.8 Å². The minimum absolute atomic E-state index is 0.0377. The van der Waals surface area contributed by atoms with Gasteiger partial charge in [0, 0.05) is 0 Å². The Morgan fingerprint density at radius 1 is 1.19 bits per heavy atom. The number of aliphatic hydroxyl groups excluding tert-OH is 1. The highest BCUT2D eigenvalue weighted by molar-refractivity contribution is 6.05. The number of carbonyl (C=O) groups is 2. The van der Waals surface area contributed by atoms with Crippen LogP contribution >= 0.6 is 0 Å². The maximum atomic E-state index is 12.5. The lowest BCUT2D eigenvalue weighted by Gasteiger charge is -2.20. The molecule has 1 fully saturated rings. The highest BCUT2D eigenvalue weighted by atomic mass is 16.5. The fourth-order valence-corrected chi connectivity index (χ4v) is 3.60. The van der Waals surface area contributed by atoms with Gasteiger partial charge in [0.25, 0.3) is 0 Å². The van der Waals surface area contributed by atoms with E-state index in [1.807, 2.05) is 43.4 Å². The van der Waals surface area contributed by atoms with E-state index in [-0.39, 0.29) is 36.8 Å². The van der Waals surface area contributed by atoms with Gasteiger partial charge in [0.1, 0.15) is 12.7 Å². The van der Waals surface area contributed by atoms with Crippen molar-refractivity contribution in [2.45, 2.75) is 25.9 Å². The van der Waals surface area contributed by atoms with Gasteiger partial charge < -0.3 is 14.6 Å². The summed E-state index contributed by atoms with van der Waals surface area (Å²) in [6, 6.07) is 5.50. The van der Waals surface area contributed by atoms with Crippen molar-refractivity contribution < 1.29 is 24.2 Å². The Morgan fingerprint density at radius 3 is 2.44 bits per heavy atom. The van der Waals surface area contributed by atoms with Gasteiger partial charge in [-0.25, -0.2) is 0 Å². The summed E-state index contributed by atoms with van der Waals surface area (Å²) in [7, 11) is 1.55. The first-order chi connectivity index (χ1) is 13.0. The van der Waals surface area contributed by atoms with E-state index in [2.05, 4.69) is 0 Å². The molecule has 2 aliphatic rings. The molecule has 1 aromatic rings. The molecule has 1 aromatic carbocycles. The van der Waals surface area contributed by atoms with Crippen LogP contribution in [0.1, 0.15) is 25.3 Å². The summed E-state index contributed by atoms with van der Waals surface area (Å²) in [6.07, 6.45) is 7.97. The molecule has 0 saturated carbocycles. The zero-order chi connectivity index (χ0) is 19.4. The Hall–Kier alpha value is -2.60. The van der Waals surface area contributed by atoms with Gasteiger partial charge in [-0.05, 0) is 37.5 Å². The second-order valence-corrected chi connectivity index (χ2v) is 6.82. The molecule has 0 bridgehead atoms. The smallest absolute Gasteiger partial charge is 0.233 e. The Morgan fingerprint density at radius 2 is 1.85 bits per heavy atom. The summed E-state index contributed by atoms with van der Waals surface area (Å²) in [5, 5.41) is 10.3. The van der Waals surface area contributed by atoms with Crippen LogP contribution in [0.15, 0.2) is 36.4 Å². The molecule has 3 rings (SSSR count). The molecular weight excluding hydrogens is 346 g/mol. The molecule has 0 spiro atoms. The predicted molar refractivity (Wildman–Crippen MR) is 101 cm³/mol.